The van der Waals surface area contributed by atoms with Gasteiger partial charge in [-0.1, -0.05) is 6.92 Å². The van der Waals surface area contributed by atoms with Crippen molar-refractivity contribution in [3.8, 4) is 0 Å². The first kappa shape index (κ1) is 30.3. The van der Waals surface area contributed by atoms with Gasteiger partial charge in [0.2, 0.25) is 11.8 Å². The largest absolute Gasteiger partial charge is 0.522 e. The van der Waals surface area contributed by atoms with Crippen molar-refractivity contribution in [2.75, 3.05) is 26.2 Å². The molecule has 2 rings (SSSR count). The summed E-state index contributed by atoms with van der Waals surface area (Å²) in [5, 5.41) is 6.44. The molecule has 2 fully saturated rings. The van der Waals surface area contributed by atoms with Gasteiger partial charge in [0, 0.05) is 25.6 Å². The Bertz CT molecular complexity index is 922. The van der Waals surface area contributed by atoms with E-state index in [0.717, 1.165) is 4.90 Å². The number of ether oxygens (including phenoxy) is 1. The zero-order valence-electron chi connectivity index (χ0n) is 20.2. The van der Waals surface area contributed by atoms with Crippen LogP contribution in [0.4, 0.5) is 26.3 Å². The molecule has 210 valence electrons. The maximum atomic E-state index is 13.0. The number of nitrogens with zero attached hydrogens (tertiary/aromatic N) is 1. The molecule has 2 saturated heterocycles. The molecule has 4 atom stereocenters. The number of likely N-dealkylation sites (tertiary alicyclic amines) is 1. The van der Waals surface area contributed by atoms with Crippen LogP contribution in [0.2, 0.25) is 0 Å². The molecule has 0 aromatic heterocycles. The second-order valence-electron chi connectivity index (χ2n) is 9.65. The number of hydrogen-bond acceptors (Lipinski definition) is 6. The standard InChI is InChI=1S/C21H28F6N4O6/c1-10-7-31(18(36)17(35)30-19(2,3)20(22,23)24)8-12(10)16(34)29-13(6-11-4-5-28-15(11)33)14(32)9-37-21(25,26)27/h10-13H,4-9H2,1-3H3,(H,28,33)(H,29,34)(H,30,35)/t10-,11+,12-,13+/m1/s1. The molecule has 0 aromatic rings. The molecular formula is C21H28F6N4O6. The van der Waals surface area contributed by atoms with Crippen molar-refractivity contribution in [3.63, 3.8) is 0 Å². The molecule has 2 aliphatic heterocycles. The van der Waals surface area contributed by atoms with Gasteiger partial charge >= 0.3 is 24.4 Å². The first-order valence-electron chi connectivity index (χ1n) is 11.3. The molecule has 0 bridgehead atoms. The van der Waals surface area contributed by atoms with Gasteiger partial charge in [-0.05, 0) is 32.6 Å². The zero-order chi connectivity index (χ0) is 28.3. The van der Waals surface area contributed by atoms with E-state index in [0.29, 0.717) is 26.8 Å². The molecule has 16 heteroatoms. The number of rotatable bonds is 8. The topological polar surface area (TPSA) is 134 Å². The highest BCUT2D eigenvalue weighted by molar-refractivity contribution is 6.35. The minimum atomic E-state index is -5.10. The monoisotopic (exact) mass is 546 g/mol. The van der Waals surface area contributed by atoms with E-state index in [4.69, 9.17) is 0 Å². The Kier molecular flexibility index (Phi) is 9.20. The third-order valence-electron chi connectivity index (χ3n) is 6.33. The van der Waals surface area contributed by atoms with Crippen LogP contribution in [0, 0.1) is 17.8 Å². The minimum absolute atomic E-state index is 0.169. The van der Waals surface area contributed by atoms with Gasteiger partial charge in [-0.25, -0.2) is 0 Å². The molecule has 0 aliphatic carbocycles. The highest BCUT2D eigenvalue weighted by atomic mass is 19.4. The molecule has 2 heterocycles. The van der Waals surface area contributed by atoms with Gasteiger partial charge in [-0.3, -0.25) is 28.7 Å². The molecular weight excluding hydrogens is 518 g/mol. The maximum absolute atomic E-state index is 13.0. The van der Waals surface area contributed by atoms with Gasteiger partial charge in [0.25, 0.3) is 0 Å². The Morgan fingerprint density at radius 2 is 1.73 bits per heavy atom. The summed E-state index contributed by atoms with van der Waals surface area (Å²) in [6.07, 6.45) is -9.92. The van der Waals surface area contributed by atoms with Crippen molar-refractivity contribution in [2.24, 2.45) is 17.8 Å². The maximum Gasteiger partial charge on any atom is 0.522 e. The van der Waals surface area contributed by atoms with Crippen molar-refractivity contribution in [3.05, 3.63) is 0 Å². The van der Waals surface area contributed by atoms with Gasteiger partial charge in [0.1, 0.15) is 12.1 Å². The fourth-order valence-electron chi connectivity index (χ4n) is 3.98. The molecule has 37 heavy (non-hydrogen) atoms. The molecule has 0 saturated carbocycles. The molecule has 0 spiro atoms. The Morgan fingerprint density at radius 1 is 1.11 bits per heavy atom. The van der Waals surface area contributed by atoms with E-state index in [1.807, 2.05) is 0 Å². The van der Waals surface area contributed by atoms with Crippen molar-refractivity contribution in [2.45, 2.75) is 57.7 Å². The van der Waals surface area contributed by atoms with E-state index in [9.17, 15) is 50.3 Å². The Labute approximate surface area is 207 Å². The van der Waals surface area contributed by atoms with E-state index >= 15 is 0 Å². The minimum Gasteiger partial charge on any atom is -0.356 e. The Hall–Kier alpha value is -2.91. The first-order valence-corrected chi connectivity index (χ1v) is 11.3. The van der Waals surface area contributed by atoms with Gasteiger partial charge < -0.3 is 20.9 Å². The normalized spacial score (nSPS) is 23.4. The zero-order valence-corrected chi connectivity index (χ0v) is 20.2. The fraction of sp³-hybridized carbons (Fsp3) is 0.762. The highest BCUT2D eigenvalue weighted by Gasteiger charge is 2.50. The van der Waals surface area contributed by atoms with E-state index in [2.05, 4.69) is 15.4 Å². The van der Waals surface area contributed by atoms with Gasteiger partial charge in [0.05, 0.1) is 12.0 Å². The smallest absolute Gasteiger partial charge is 0.356 e. The first-order chi connectivity index (χ1) is 16.8. The average molecular weight is 546 g/mol. The lowest BCUT2D eigenvalue weighted by Gasteiger charge is -2.29. The third-order valence-corrected chi connectivity index (χ3v) is 6.33. The van der Waals surface area contributed by atoms with Crippen LogP contribution in [0.5, 0.6) is 0 Å². The van der Waals surface area contributed by atoms with Crippen LogP contribution in [-0.4, -0.2) is 84.7 Å². The number of halogens is 6. The lowest BCUT2D eigenvalue weighted by atomic mass is 9.93. The van der Waals surface area contributed by atoms with Crippen molar-refractivity contribution < 1.29 is 55.1 Å². The number of carbonyl (C=O) groups is 5. The molecule has 10 nitrogen and oxygen atoms in total. The van der Waals surface area contributed by atoms with Gasteiger partial charge in [-0.2, -0.15) is 13.2 Å². The molecule has 0 aromatic carbocycles. The van der Waals surface area contributed by atoms with Gasteiger partial charge in [0.15, 0.2) is 5.78 Å². The van der Waals surface area contributed by atoms with Crippen LogP contribution in [-0.2, 0) is 28.7 Å². The summed E-state index contributed by atoms with van der Waals surface area (Å²) in [5.74, 6) is -7.58. The third kappa shape index (κ3) is 8.04. The van der Waals surface area contributed by atoms with Crippen LogP contribution < -0.4 is 16.0 Å². The number of amides is 4. The van der Waals surface area contributed by atoms with Crippen LogP contribution in [0.1, 0.15) is 33.6 Å². The highest BCUT2D eigenvalue weighted by Crippen LogP contribution is 2.30. The predicted molar refractivity (Wildman–Crippen MR) is 112 cm³/mol. The second-order valence-corrected chi connectivity index (χ2v) is 9.65. The summed E-state index contributed by atoms with van der Waals surface area (Å²) in [4.78, 5) is 62.7. The SMILES string of the molecule is C[C@@H]1CN(C(=O)C(=O)NC(C)(C)C(F)(F)F)C[C@H]1C(=O)N[C@@H](C[C@@H]1CCNC1=O)C(=O)COC(F)(F)F. The summed E-state index contributed by atoms with van der Waals surface area (Å²) in [5.41, 5.74) is -2.69. The molecule has 4 amide bonds. The van der Waals surface area contributed by atoms with E-state index in [1.54, 1.807) is 5.32 Å². The number of ketones is 1. The summed E-state index contributed by atoms with van der Waals surface area (Å²) in [7, 11) is 0. The summed E-state index contributed by atoms with van der Waals surface area (Å²) in [6.45, 7) is 1.21. The van der Waals surface area contributed by atoms with Crippen molar-refractivity contribution >= 4 is 29.4 Å². The molecule has 3 N–H and O–H groups in total. The van der Waals surface area contributed by atoms with Crippen molar-refractivity contribution in [1.29, 1.82) is 0 Å². The lowest BCUT2D eigenvalue weighted by Crippen LogP contribution is -2.57. The number of Topliss-reactive ketones (excluding diaryl/α,β-unsaturated/α-hetero) is 1. The number of hydrogen-bond donors (Lipinski definition) is 3. The van der Waals surface area contributed by atoms with E-state index in [-0.39, 0.29) is 19.5 Å². The van der Waals surface area contributed by atoms with Crippen molar-refractivity contribution in [1.82, 2.24) is 20.9 Å². The van der Waals surface area contributed by atoms with E-state index in [1.165, 1.54) is 6.92 Å². The molecule has 2 aliphatic rings. The summed E-state index contributed by atoms with van der Waals surface area (Å²) < 4.78 is 79.8. The quantitative estimate of drug-likeness (QED) is 0.303. The van der Waals surface area contributed by atoms with E-state index < -0.39 is 77.9 Å². The number of carbonyl (C=O) groups excluding carboxylic acids is 5. The van der Waals surface area contributed by atoms with Crippen LogP contribution >= 0.6 is 0 Å². The Balaban J connectivity index is 2.07. The lowest BCUT2D eigenvalue weighted by molar-refractivity contribution is -0.321. The average Bonchev–Trinajstić information content (AvgIpc) is 3.34. The van der Waals surface area contributed by atoms with Gasteiger partial charge in [-0.15, -0.1) is 13.2 Å². The summed E-state index contributed by atoms with van der Waals surface area (Å²) in [6, 6.07) is -1.50. The number of nitrogens with one attached hydrogen (secondary N) is 3. The number of alkyl halides is 6. The molecule has 0 unspecified atom stereocenters. The Morgan fingerprint density at radius 3 is 2.24 bits per heavy atom. The van der Waals surface area contributed by atoms with Crippen LogP contribution in [0.15, 0.2) is 0 Å². The van der Waals surface area contributed by atoms with Crippen LogP contribution in [0.3, 0.4) is 0 Å². The fourth-order valence-corrected chi connectivity index (χ4v) is 3.98. The second kappa shape index (κ2) is 11.2. The predicted octanol–water partition coefficient (Wildman–Crippen LogP) is 0.655. The van der Waals surface area contributed by atoms with Crippen LogP contribution in [0.25, 0.3) is 0 Å². The molecule has 0 radical (unpaired) electrons. The summed E-state index contributed by atoms with van der Waals surface area (Å²) >= 11 is 0.